The summed E-state index contributed by atoms with van der Waals surface area (Å²) in [5.41, 5.74) is 1.26. The van der Waals surface area contributed by atoms with E-state index in [1.54, 1.807) is 0 Å². The van der Waals surface area contributed by atoms with Crippen LogP contribution in [-0.4, -0.2) is 23.5 Å². The Kier molecular flexibility index (Phi) is 8.77. The number of hydrogen-bond acceptors (Lipinski definition) is 2. The number of rotatable bonds is 1. The summed E-state index contributed by atoms with van der Waals surface area (Å²) < 4.78 is 0. The molecule has 3 N–H and O–H groups in total. The minimum absolute atomic E-state index is 0. The number of nitrogens with zero attached hydrogens (tertiary/aromatic N) is 1. The predicted octanol–water partition coefficient (Wildman–Crippen LogP) is 2.14. The summed E-state index contributed by atoms with van der Waals surface area (Å²) in [6, 6.07) is 6.19. The average Bonchev–Trinajstić information content (AvgIpc) is 2.32. The van der Waals surface area contributed by atoms with Crippen molar-refractivity contribution in [1.82, 2.24) is 10.3 Å². The lowest BCUT2D eigenvalue weighted by molar-refractivity contribution is 0.453. The molecule has 0 aromatic carbocycles. The maximum atomic E-state index is 4.37. The number of nitrogens with one attached hydrogen (secondary N) is 1. The highest BCUT2D eigenvalue weighted by Crippen LogP contribution is 2.22. The number of piperidine rings is 1. The van der Waals surface area contributed by atoms with E-state index in [2.05, 4.69) is 36.3 Å². The first kappa shape index (κ1) is 15.1. The third-order valence-electron chi connectivity index (χ3n) is 2.45. The zero-order valence-electron chi connectivity index (χ0n) is 10.4. The van der Waals surface area contributed by atoms with Crippen LogP contribution in [0.4, 0.5) is 0 Å². The summed E-state index contributed by atoms with van der Waals surface area (Å²) in [4.78, 5) is 4.37. The summed E-state index contributed by atoms with van der Waals surface area (Å²) in [6.45, 7) is 6.53. The molecule has 0 spiro atoms. The zero-order valence-corrected chi connectivity index (χ0v) is 10.4. The Labute approximate surface area is 98.6 Å². The van der Waals surface area contributed by atoms with Crippen LogP contribution in [0.5, 0.6) is 0 Å². The van der Waals surface area contributed by atoms with Gasteiger partial charge in [-0.1, -0.05) is 26.3 Å². The van der Waals surface area contributed by atoms with Gasteiger partial charge in [0, 0.05) is 17.8 Å². The third-order valence-corrected chi connectivity index (χ3v) is 2.45. The largest absolute Gasteiger partial charge is 0.412 e. The summed E-state index contributed by atoms with van der Waals surface area (Å²) in [5.74, 6) is 0.687. The Morgan fingerprint density at radius 3 is 2.38 bits per heavy atom. The van der Waals surface area contributed by atoms with Crippen LogP contribution in [0.25, 0.3) is 0 Å². The summed E-state index contributed by atoms with van der Waals surface area (Å²) in [7, 11) is 0. The van der Waals surface area contributed by atoms with Gasteiger partial charge in [0.1, 0.15) is 0 Å². The van der Waals surface area contributed by atoms with Gasteiger partial charge in [0.05, 0.1) is 0 Å². The summed E-state index contributed by atoms with van der Waals surface area (Å²) >= 11 is 0. The van der Waals surface area contributed by atoms with Crippen molar-refractivity contribution in [2.75, 3.05) is 13.1 Å². The van der Waals surface area contributed by atoms with E-state index in [0.717, 1.165) is 13.1 Å². The highest BCUT2D eigenvalue weighted by molar-refractivity contribution is 5.10. The molecule has 3 heteroatoms. The Hall–Kier alpha value is -0.930. The van der Waals surface area contributed by atoms with Gasteiger partial charge in [0.2, 0.25) is 0 Å². The van der Waals surface area contributed by atoms with Gasteiger partial charge >= 0.3 is 0 Å². The van der Waals surface area contributed by atoms with E-state index in [1.165, 1.54) is 25.0 Å². The van der Waals surface area contributed by atoms with E-state index in [-0.39, 0.29) is 5.48 Å². The number of pyridine rings is 1. The van der Waals surface area contributed by atoms with Crippen LogP contribution in [0.1, 0.15) is 44.7 Å². The predicted molar refractivity (Wildman–Crippen MR) is 68.7 cm³/mol. The Bertz CT molecular complexity index is 245. The van der Waals surface area contributed by atoms with Crippen LogP contribution in [-0.2, 0) is 0 Å². The van der Waals surface area contributed by atoms with Crippen LogP contribution >= 0.6 is 0 Å². The van der Waals surface area contributed by atoms with Crippen LogP contribution < -0.4 is 5.32 Å². The second-order valence-electron chi connectivity index (χ2n) is 3.99. The van der Waals surface area contributed by atoms with Gasteiger partial charge in [0.15, 0.2) is 0 Å². The molecule has 92 valence electrons. The molecule has 2 heterocycles. The normalized spacial score (nSPS) is 15.6. The van der Waals surface area contributed by atoms with Gasteiger partial charge < -0.3 is 10.8 Å². The molecule has 3 nitrogen and oxygen atoms in total. The third kappa shape index (κ3) is 5.24. The number of aromatic nitrogens is 1. The molecule has 0 amide bonds. The molecule has 1 aliphatic heterocycles. The summed E-state index contributed by atoms with van der Waals surface area (Å²) in [6.07, 6.45) is 5.60. The topological polar surface area (TPSA) is 56.4 Å². The SMILES string of the molecule is CCC.O.c1ccc(C2CCNCC2)nc1. The van der Waals surface area contributed by atoms with Crippen molar-refractivity contribution in [2.45, 2.75) is 39.0 Å². The summed E-state index contributed by atoms with van der Waals surface area (Å²) in [5, 5.41) is 3.36. The second kappa shape index (κ2) is 9.31. The first-order valence-electron chi connectivity index (χ1n) is 6.00. The molecule has 1 aliphatic rings. The molecular weight excluding hydrogens is 200 g/mol. The molecule has 16 heavy (non-hydrogen) atoms. The molecular formula is C13H24N2O. The highest BCUT2D eigenvalue weighted by atomic mass is 16.0. The Balaban J connectivity index is 0.000000511. The molecule has 0 aliphatic carbocycles. The minimum Gasteiger partial charge on any atom is -0.412 e. The molecule has 0 radical (unpaired) electrons. The fourth-order valence-corrected chi connectivity index (χ4v) is 1.74. The molecule has 1 fully saturated rings. The van der Waals surface area contributed by atoms with Gasteiger partial charge in [-0.2, -0.15) is 0 Å². The van der Waals surface area contributed by atoms with E-state index in [9.17, 15) is 0 Å². The Morgan fingerprint density at radius 2 is 1.88 bits per heavy atom. The first-order chi connectivity index (χ1) is 7.38. The fraction of sp³-hybridized carbons (Fsp3) is 0.615. The first-order valence-corrected chi connectivity index (χ1v) is 6.00. The quantitative estimate of drug-likeness (QED) is 0.794. The molecule has 1 saturated heterocycles. The molecule has 1 aromatic heterocycles. The van der Waals surface area contributed by atoms with Crippen molar-refractivity contribution < 1.29 is 5.48 Å². The fourth-order valence-electron chi connectivity index (χ4n) is 1.74. The highest BCUT2D eigenvalue weighted by Gasteiger charge is 2.15. The van der Waals surface area contributed by atoms with Crippen molar-refractivity contribution in [3.8, 4) is 0 Å². The standard InChI is InChI=1S/C10H14N2.C3H8.H2O/c1-2-6-12-10(3-1)9-4-7-11-8-5-9;1-3-2;/h1-3,6,9,11H,4-5,7-8H2;3H2,1-2H3;1H2. The van der Waals surface area contributed by atoms with E-state index in [0.29, 0.717) is 5.92 Å². The zero-order chi connectivity index (χ0) is 10.9. The molecule has 0 bridgehead atoms. The van der Waals surface area contributed by atoms with E-state index in [4.69, 9.17) is 0 Å². The van der Waals surface area contributed by atoms with Crippen molar-refractivity contribution in [1.29, 1.82) is 0 Å². The molecule has 2 rings (SSSR count). The van der Waals surface area contributed by atoms with Crippen LogP contribution in [0.15, 0.2) is 24.4 Å². The molecule has 1 aromatic rings. The van der Waals surface area contributed by atoms with Gasteiger partial charge in [-0.3, -0.25) is 4.98 Å². The molecule has 0 unspecified atom stereocenters. The van der Waals surface area contributed by atoms with Crippen molar-refractivity contribution in [3.63, 3.8) is 0 Å². The van der Waals surface area contributed by atoms with Gasteiger partial charge in [-0.15, -0.1) is 0 Å². The van der Waals surface area contributed by atoms with E-state index in [1.807, 2.05) is 12.3 Å². The number of hydrogen-bond donors (Lipinski definition) is 1. The van der Waals surface area contributed by atoms with Gasteiger partial charge in [-0.25, -0.2) is 0 Å². The lowest BCUT2D eigenvalue weighted by Gasteiger charge is -2.21. The van der Waals surface area contributed by atoms with E-state index >= 15 is 0 Å². The van der Waals surface area contributed by atoms with Crippen LogP contribution in [0.2, 0.25) is 0 Å². The maximum absolute atomic E-state index is 4.37. The molecule has 0 atom stereocenters. The minimum atomic E-state index is 0. The van der Waals surface area contributed by atoms with Crippen molar-refractivity contribution >= 4 is 0 Å². The monoisotopic (exact) mass is 224 g/mol. The lowest BCUT2D eigenvalue weighted by atomic mass is 9.94. The Morgan fingerprint density at radius 1 is 1.25 bits per heavy atom. The van der Waals surface area contributed by atoms with Gasteiger partial charge in [-0.05, 0) is 38.1 Å². The van der Waals surface area contributed by atoms with Gasteiger partial charge in [0.25, 0.3) is 0 Å². The lowest BCUT2D eigenvalue weighted by Crippen LogP contribution is -2.26. The maximum Gasteiger partial charge on any atom is 0.0435 e. The van der Waals surface area contributed by atoms with Crippen molar-refractivity contribution in [2.24, 2.45) is 0 Å². The van der Waals surface area contributed by atoms with Crippen LogP contribution in [0.3, 0.4) is 0 Å². The van der Waals surface area contributed by atoms with Crippen LogP contribution in [0, 0.1) is 0 Å². The van der Waals surface area contributed by atoms with E-state index < -0.39 is 0 Å². The average molecular weight is 224 g/mol. The second-order valence-corrected chi connectivity index (χ2v) is 3.99. The van der Waals surface area contributed by atoms with Crippen molar-refractivity contribution in [3.05, 3.63) is 30.1 Å². The molecule has 0 saturated carbocycles. The smallest absolute Gasteiger partial charge is 0.0435 e.